The molecule has 0 unspecified atom stereocenters. The molecule has 2 aromatic rings. The van der Waals surface area contributed by atoms with E-state index in [0.717, 1.165) is 36.8 Å². The number of anilines is 1. The standard InChI is InChI=1S/C18H27N5O/c1-13(2)14-10-18(23-17(20-14)6-7-19-23)22-11-15(16(24)12-22)21-8-4-3-5-9-21/h6-7,10,13,15-16,24H,3-5,8-9,11-12H2,1-2H3/t15-,16-/m0/s1. The lowest BCUT2D eigenvalue weighted by atomic mass is 10.1. The van der Waals surface area contributed by atoms with E-state index in [4.69, 9.17) is 4.98 Å². The monoisotopic (exact) mass is 329 g/mol. The Hall–Kier alpha value is -1.66. The number of rotatable bonds is 3. The second kappa shape index (κ2) is 6.33. The van der Waals surface area contributed by atoms with Gasteiger partial charge in [0, 0.05) is 30.9 Å². The van der Waals surface area contributed by atoms with Crippen molar-refractivity contribution in [1.82, 2.24) is 19.5 Å². The van der Waals surface area contributed by atoms with E-state index in [1.807, 2.05) is 10.6 Å². The highest BCUT2D eigenvalue weighted by atomic mass is 16.3. The molecule has 0 aromatic carbocycles. The summed E-state index contributed by atoms with van der Waals surface area (Å²) in [6, 6.07) is 4.31. The number of aliphatic hydroxyl groups is 1. The summed E-state index contributed by atoms with van der Waals surface area (Å²) in [5.74, 6) is 1.42. The van der Waals surface area contributed by atoms with Crippen molar-refractivity contribution in [2.45, 2.75) is 51.2 Å². The molecule has 6 nitrogen and oxygen atoms in total. The molecule has 4 heterocycles. The van der Waals surface area contributed by atoms with E-state index >= 15 is 0 Å². The maximum atomic E-state index is 10.6. The smallest absolute Gasteiger partial charge is 0.157 e. The fraction of sp³-hybridized carbons (Fsp3) is 0.667. The molecule has 0 saturated carbocycles. The minimum absolute atomic E-state index is 0.228. The highest BCUT2D eigenvalue weighted by Gasteiger charge is 2.37. The van der Waals surface area contributed by atoms with Crippen molar-refractivity contribution in [3.05, 3.63) is 24.0 Å². The summed E-state index contributed by atoms with van der Waals surface area (Å²) in [4.78, 5) is 9.44. The molecule has 0 aliphatic carbocycles. The Morgan fingerprint density at radius 3 is 2.71 bits per heavy atom. The van der Waals surface area contributed by atoms with Gasteiger partial charge >= 0.3 is 0 Å². The number of β-amino-alcohol motifs (C(OH)–C–C–N with tert-alkyl or cyclic N) is 1. The van der Waals surface area contributed by atoms with Crippen molar-refractivity contribution in [3.8, 4) is 0 Å². The number of fused-ring (bicyclic) bond motifs is 1. The average molecular weight is 329 g/mol. The van der Waals surface area contributed by atoms with Crippen LogP contribution in [0.2, 0.25) is 0 Å². The predicted octanol–water partition coefficient (Wildman–Crippen LogP) is 1.89. The molecule has 130 valence electrons. The van der Waals surface area contributed by atoms with Gasteiger partial charge in [-0.15, -0.1) is 0 Å². The number of aliphatic hydroxyl groups excluding tert-OH is 1. The maximum Gasteiger partial charge on any atom is 0.157 e. The number of hydrogen-bond acceptors (Lipinski definition) is 5. The second-order valence-corrected chi connectivity index (χ2v) is 7.43. The van der Waals surface area contributed by atoms with E-state index in [1.54, 1.807) is 6.20 Å². The SMILES string of the molecule is CC(C)c1cc(N2C[C@H](O)[C@@H](N3CCCCC3)C2)n2nccc2n1. The molecule has 6 heteroatoms. The van der Waals surface area contributed by atoms with Crippen LogP contribution < -0.4 is 4.90 Å². The van der Waals surface area contributed by atoms with Crippen LogP contribution in [0.4, 0.5) is 5.82 Å². The van der Waals surface area contributed by atoms with Crippen molar-refractivity contribution in [2.24, 2.45) is 0 Å². The first-order valence-electron chi connectivity index (χ1n) is 9.15. The van der Waals surface area contributed by atoms with Crippen molar-refractivity contribution in [2.75, 3.05) is 31.1 Å². The van der Waals surface area contributed by atoms with Gasteiger partial charge in [-0.25, -0.2) is 4.98 Å². The van der Waals surface area contributed by atoms with Gasteiger partial charge in [0.25, 0.3) is 0 Å². The van der Waals surface area contributed by atoms with Crippen LogP contribution in [0.3, 0.4) is 0 Å². The van der Waals surface area contributed by atoms with E-state index in [9.17, 15) is 5.11 Å². The molecular weight excluding hydrogens is 302 g/mol. The van der Waals surface area contributed by atoms with Gasteiger partial charge in [0.15, 0.2) is 5.65 Å². The Bertz CT molecular complexity index is 706. The van der Waals surface area contributed by atoms with Crippen molar-refractivity contribution >= 4 is 11.5 Å². The highest BCUT2D eigenvalue weighted by Crippen LogP contribution is 2.27. The maximum absolute atomic E-state index is 10.6. The molecular formula is C18H27N5O. The minimum Gasteiger partial charge on any atom is -0.390 e. The van der Waals surface area contributed by atoms with Gasteiger partial charge in [0.1, 0.15) is 5.82 Å². The lowest BCUT2D eigenvalue weighted by Crippen LogP contribution is -2.45. The van der Waals surface area contributed by atoms with Gasteiger partial charge < -0.3 is 10.0 Å². The summed E-state index contributed by atoms with van der Waals surface area (Å²) in [6.07, 6.45) is 5.31. The topological polar surface area (TPSA) is 56.9 Å². The van der Waals surface area contributed by atoms with E-state index in [2.05, 4.69) is 34.8 Å². The van der Waals surface area contributed by atoms with E-state index in [0.29, 0.717) is 12.5 Å². The zero-order valence-electron chi connectivity index (χ0n) is 14.6. The molecule has 0 amide bonds. The average Bonchev–Trinajstić information content (AvgIpc) is 3.21. The van der Waals surface area contributed by atoms with Gasteiger partial charge in [-0.05, 0) is 31.8 Å². The Morgan fingerprint density at radius 1 is 1.17 bits per heavy atom. The molecule has 2 fully saturated rings. The molecule has 0 spiro atoms. The van der Waals surface area contributed by atoms with Crippen LogP contribution in [0.1, 0.15) is 44.7 Å². The largest absolute Gasteiger partial charge is 0.390 e. The Labute approximate surface area is 143 Å². The van der Waals surface area contributed by atoms with Crippen LogP contribution >= 0.6 is 0 Å². The predicted molar refractivity (Wildman–Crippen MR) is 94.5 cm³/mol. The molecule has 4 rings (SSSR count). The van der Waals surface area contributed by atoms with E-state index < -0.39 is 0 Å². The molecule has 2 aliphatic heterocycles. The molecule has 2 saturated heterocycles. The highest BCUT2D eigenvalue weighted by molar-refractivity contribution is 5.52. The normalized spacial score (nSPS) is 25.9. The molecule has 0 radical (unpaired) electrons. The lowest BCUT2D eigenvalue weighted by Gasteiger charge is -2.33. The number of hydrogen-bond donors (Lipinski definition) is 1. The van der Waals surface area contributed by atoms with Gasteiger partial charge in [-0.2, -0.15) is 9.61 Å². The molecule has 0 bridgehead atoms. The van der Waals surface area contributed by atoms with Crippen LogP contribution in [0.5, 0.6) is 0 Å². The van der Waals surface area contributed by atoms with Crippen LogP contribution in [-0.2, 0) is 0 Å². The third-order valence-electron chi connectivity index (χ3n) is 5.39. The fourth-order valence-electron chi connectivity index (χ4n) is 4.00. The van der Waals surface area contributed by atoms with Gasteiger partial charge in [0.2, 0.25) is 0 Å². The first-order chi connectivity index (χ1) is 11.6. The third-order valence-corrected chi connectivity index (χ3v) is 5.39. The Balaban J connectivity index is 1.64. The van der Waals surface area contributed by atoms with Crippen LogP contribution in [-0.4, -0.2) is 62.9 Å². The molecule has 1 N–H and O–H groups in total. The summed E-state index contributed by atoms with van der Waals surface area (Å²) >= 11 is 0. The van der Waals surface area contributed by atoms with Gasteiger partial charge in [0.05, 0.1) is 18.3 Å². The Kier molecular flexibility index (Phi) is 4.18. The Morgan fingerprint density at radius 2 is 1.96 bits per heavy atom. The zero-order chi connectivity index (χ0) is 16.7. The van der Waals surface area contributed by atoms with Crippen molar-refractivity contribution in [3.63, 3.8) is 0 Å². The van der Waals surface area contributed by atoms with E-state index in [-0.39, 0.29) is 12.1 Å². The third kappa shape index (κ3) is 2.78. The quantitative estimate of drug-likeness (QED) is 0.932. The fourth-order valence-corrected chi connectivity index (χ4v) is 4.00. The molecule has 2 atom stereocenters. The molecule has 2 aromatic heterocycles. The minimum atomic E-state index is -0.302. The summed E-state index contributed by atoms with van der Waals surface area (Å²) in [5, 5.41) is 15.1. The number of aromatic nitrogens is 3. The van der Waals surface area contributed by atoms with Crippen LogP contribution in [0, 0.1) is 0 Å². The first kappa shape index (κ1) is 15.8. The number of likely N-dealkylation sites (tertiary alicyclic amines) is 1. The molecule has 24 heavy (non-hydrogen) atoms. The lowest BCUT2D eigenvalue weighted by molar-refractivity contribution is 0.0706. The second-order valence-electron chi connectivity index (χ2n) is 7.43. The summed E-state index contributed by atoms with van der Waals surface area (Å²) in [6.45, 7) is 8.07. The van der Waals surface area contributed by atoms with Crippen LogP contribution in [0.25, 0.3) is 5.65 Å². The van der Waals surface area contributed by atoms with Crippen molar-refractivity contribution < 1.29 is 5.11 Å². The summed E-state index contributed by atoms with van der Waals surface area (Å²) in [5.41, 5.74) is 1.96. The van der Waals surface area contributed by atoms with Crippen molar-refractivity contribution in [1.29, 1.82) is 0 Å². The van der Waals surface area contributed by atoms with Gasteiger partial charge in [-0.1, -0.05) is 20.3 Å². The first-order valence-corrected chi connectivity index (χ1v) is 9.15. The summed E-state index contributed by atoms with van der Waals surface area (Å²) in [7, 11) is 0. The van der Waals surface area contributed by atoms with Gasteiger partial charge in [-0.3, -0.25) is 4.90 Å². The molecule has 2 aliphatic rings. The zero-order valence-corrected chi connectivity index (χ0v) is 14.6. The number of nitrogens with zero attached hydrogens (tertiary/aromatic N) is 5. The number of piperidine rings is 1. The van der Waals surface area contributed by atoms with E-state index in [1.165, 1.54) is 19.3 Å². The van der Waals surface area contributed by atoms with Crippen LogP contribution in [0.15, 0.2) is 18.3 Å². The summed E-state index contributed by atoms with van der Waals surface area (Å²) < 4.78 is 1.90.